The Bertz CT molecular complexity index is 162. The Morgan fingerprint density at radius 1 is 0.688 bits per heavy atom. The van der Waals surface area contributed by atoms with Crippen molar-refractivity contribution in [2.24, 2.45) is 0 Å². The van der Waals surface area contributed by atoms with Crippen LogP contribution in [0.3, 0.4) is 0 Å². The van der Waals surface area contributed by atoms with E-state index < -0.39 is 16.1 Å². The van der Waals surface area contributed by atoms with Crippen LogP contribution < -0.4 is 0 Å². The fraction of sp³-hybridized carbons (Fsp3) is 1.00. The molecule has 0 unspecified atom stereocenters. The second-order valence-corrected chi connectivity index (χ2v) is 31.9. The van der Waals surface area contributed by atoms with Crippen LogP contribution in [0.5, 0.6) is 0 Å². The summed E-state index contributed by atoms with van der Waals surface area (Å²) in [6.07, 6.45) is 2.87. The van der Waals surface area contributed by atoms with E-state index in [1.807, 2.05) is 0 Å². The molecule has 0 N–H and O–H groups in total. The van der Waals surface area contributed by atoms with Crippen molar-refractivity contribution in [2.75, 3.05) is 0 Å². The van der Waals surface area contributed by atoms with Crippen LogP contribution in [0, 0.1) is 0 Å². The van der Waals surface area contributed by atoms with Gasteiger partial charge in [-0.15, -0.1) is 0 Å². The average Bonchev–Trinajstić information content (AvgIpc) is 2.12. The van der Waals surface area contributed by atoms with Crippen LogP contribution in [0.1, 0.15) is 26.7 Å². The van der Waals surface area contributed by atoms with Crippen LogP contribution in [0.2, 0.25) is 46.5 Å². The standard InChI is InChI=1S/C12H30Si2Te2/c1-7-9-13(3,4)11-15-16-12-14(5,6)10-8-2/h7-12H2,1-6H3. The van der Waals surface area contributed by atoms with Crippen molar-refractivity contribution in [2.45, 2.75) is 73.1 Å². The number of rotatable bonds is 9. The van der Waals surface area contributed by atoms with Gasteiger partial charge in [-0.3, -0.25) is 0 Å². The third kappa shape index (κ3) is 9.98. The molecule has 0 saturated heterocycles. The molecule has 0 heterocycles. The van der Waals surface area contributed by atoms with E-state index in [1.54, 1.807) is 20.3 Å². The van der Waals surface area contributed by atoms with Crippen molar-refractivity contribution in [3.63, 3.8) is 0 Å². The molecular weight excluding hydrogens is 456 g/mol. The Balaban J connectivity index is 3.67. The molecule has 0 aromatic heterocycles. The summed E-state index contributed by atoms with van der Waals surface area (Å²) in [4.78, 5) is 0. The summed E-state index contributed by atoms with van der Waals surface area (Å²) in [5.41, 5.74) is 0. The molecule has 0 fully saturated rings. The second kappa shape index (κ2) is 9.00. The molecule has 0 aliphatic carbocycles. The van der Waals surface area contributed by atoms with Gasteiger partial charge in [0.1, 0.15) is 0 Å². The van der Waals surface area contributed by atoms with Gasteiger partial charge >= 0.3 is 123 Å². The summed E-state index contributed by atoms with van der Waals surface area (Å²) >= 11 is 0.990. The van der Waals surface area contributed by atoms with Crippen LogP contribution in [-0.4, -0.2) is 50.3 Å². The van der Waals surface area contributed by atoms with Crippen molar-refractivity contribution < 1.29 is 0 Å². The maximum atomic E-state index is 2.63. The molecule has 0 aliphatic rings. The van der Waals surface area contributed by atoms with Crippen LogP contribution in [0.25, 0.3) is 0 Å². The van der Waals surface area contributed by atoms with E-state index in [9.17, 15) is 0 Å². The van der Waals surface area contributed by atoms with Gasteiger partial charge in [0, 0.05) is 0 Å². The molecule has 0 nitrogen and oxygen atoms in total. The van der Waals surface area contributed by atoms with E-state index in [1.165, 1.54) is 12.8 Å². The van der Waals surface area contributed by atoms with Crippen molar-refractivity contribution in [3.8, 4) is 0 Å². The first kappa shape index (κ1) is 18.0. The molecule has 0 spiro atoms. The second-order valence-electron chi connectivity index (χ2n) is 6.35. The Morgan fingerprint density at radius 2 is 1.00 bits per heavy atom. The maximum absolute atomic E-state index is 2.63. The van der Waals surface area contributed by atoms with Crippen molar-refractivity contribution in [1.82, 2.24) is 0 Å². The van der Waals surface area contributed by atoms with E-state index >= 15 is 0 Å². The average molecular weight is 486 g/mol. The predicted octanol–water partition coefficient (Wildman–Crippen LogP) is 4.46. The molecule has 16 heavy (non-hydrogen) atoms. The Morgan fingerprint density at radius 3 is 1.25 bits per heavy atom. The normalized spacial score (nSPS) is 13.1. The van der Waals surface area contributed by atoms with Gasteiger partial charge in [-0.05, 0) is 0 Å². The van der Waals surface area contributed by atoms with Gasteiger partial charge in [0.15, 0.2) is 0 Å². The summed E-state index contributed by atoms with van der Waals surface area (Å²) in [6, 6.07) is 3.17. The zero-order valence-electron chi connectivity index (χ0n) is 12.1. The van der Waals surface area contributed by atoms with Gasteiger partial charge in [0.2, 0.25) is 0 Å². The van der Waals surface area contributed by atoms with Gasteiger partial charge in [-0.2, -0.15) is 0 Å². The van der Waals surface area contributed by atoms with E-state index in [4.69, 9.17) is 0 Å². The minimum atomic E-state index is -0.712. The molecule has 0 amide bonds. The van der Waals surface area contributed by atoms with Crippen LogP contribution in [0.15, 0.2) is 0 Å². The van der Waals surface area contributed by atoms with Crippen molar-refractivity contribution in [3.05, 3.63) is 0 Å². The first-order valence-electron chi connectivity index (χ1n) is 6.57. The van der Waals surface area contributed by atoms with E-state index in [2.05, 4.69) is 40.0 Å². The van der Waals surface area contributed by atoms with Gasteiger partial charge in [-0.25, -0.2) is 0 Å². The molecule has 0 aromatic rings. The summed E-state index contributed by atoms with van der Waals surface area (Å²) in [6.45, 7) is 15.2. The van der Waals surface area contributed by atoms with Crippen LogP contribution in [-0.2, 0) is 0 Å². The molecule has 0 aliphatic heterocycles. The topological polar surface area (TPSA) is 0 Å². The van der Waals surface area contributed by atoms with E-state index in [0.717, 1.165) is 0 Å². The summed E-state index contributed by atoms with van der Waals surface area (Å²) < 4.78 is 3.51. The summed E-state index contributed by atoms with van der Waals surface area (Å²) in [5.74, 6) is 0. The molecule has 0 aromatic carbocycles. The Hall–Kier alpha value is 2.01. The van der Waals surface area contributed by atoms with Crippen molar-refractivity contribution >= 4 is 50.3 Å². The Labute approximate surface area is 122 Å². The zero-order valence-corrected chi connectivity index (χ0v) is 18.7. The van der Waals surface area contributed by atoms with E-state index in [-0.39, 0.29) is 0 Å². The third-order valence-corrected chi connectivity index (χ3v) is 40.9. The summed E-state index contributed by atoms with van der Waals surface area (Å²) in [7, 11) is -1.42. The number of hydrogen-bond donors (Lipinski definition) is 0. The van der Waals surface area contributed by atoms with Crippen molar-refractivity contribution in [1.29, 1.82) is 0 Å². The van der Waals surface area contributed by atoms with E-state index in [0.29, 0.717) is 34.1 Å². The van der Waals surface area contributed by atoms with Gasteiger partial charge in [0.05, 0.1) is 0 Å². The fourth-order valence-corrected chi connectivity index (χ4v) is 61.3. The zero-order chi connectivity index (χ0) is 12.7. The monoisotopic (exact) mass is 490 g/mol. The summed E-state index contributed by atoms with van der Waals surface area (Å²) in [5, 5.41) is 0. The van der Waals surface area contributed by atoms with Gasteiger partial charge in [-0.1, -0.05) is 0 Å². The quantitative estimate of drug-likeness (QED) is 0.334. The number of hydrogen-bond acceptors (Lipinski definition) is 0. The SMILES string of the molecule is CCC[Si](C)(C)C[Te][Te]C[Si](C)(C)CCC. The Kier molecular flexibility index (Phi) is 10.1. The molecule has 0 atom stereocenters. The minimum absolute atomic E-state index is 0.495. The first-order valence-corrected chi connectivity index (χ1v) is 24.0. The van der Waals surface area contributed by atoms with Crippen LogP contribution >= 0.6 is 0 Å². The van der Waals surface area contributed by atoms with Crippen LogP contribution in [0.4, 0.5) is 0 Å². The van der Waals surface area contributed by atoms with Gasteiger partial charge < -0.3 is 0 Å². The molecule has 0 rings (SSSR count). The molecule has 0 radical (unpaired) electrons. The predicted molar refractivity (Wildman–Crippen MR) is 86.3 cm³/mol. The molecule has 4 heteroatoms. The molecule has 0 bridgehead atoms. The first-order chi connectivity index (χ1) is 7.33. The third-order valence-electron chi connectivity index (χ3n) is 2.84. The molecule has 0 saturated carbocycles. The fourth-order valence-electron chi connectivity index (χ4n) is 1.90. The van der Waals surface area contributed by atoms with Gasteiger partial charge in [0.25, 0.3) is 0 Å². The molecule has 98 valence electrons. The molecular formula is C12H30Si2Te2.